The summed E-state index contributed by atoms with van der Waals surface area (Å²) in [6.07, 6.45) is 1.52. The molecule has 1 aromatic heterocycles. The summed E-state index contributed by atoms with van der Waals surface area (Å²) in [5.41, 5.74) is 0.589. The van der Waals surface area contributed by atoms with E-state index in [0.29, 0.717) is 10.6 Å². The molecule has 6 heteroatoms. The van der Waals surface area contributed by atoms with Gasteiger partial charge in [0.2, 0.25) is 0 Å². The van der Waals surface area contributed by atoms with Crippen LogP contribution >= 0.6 is 11.6 Å². The van der Waals surface area contributed by atoms with Crippen LogP contribution in [0.3, 0.4) is 0 Å². The van der Waals surface area contributed by atoms with Crippen LogP contribution in [0.2, 0.25) is 5.02 Å². The Kier molecular flexibility index (Phi) is 3.54. The van der Waals surface area contributed by atoms with Gasteiger partial charge in [-0.2, -0.15) is 0 Å². The average Bonchev–Trinajstić information content (AvgIpc) is 2.29. The molecular weight excluding hydrogens is 272 g/mol. The van der Waals surface area contributed by atoms with Crippen molar-refractivity contribution in [2.75, 3.05) is 4.72 Å². The van der Waals surface area contributed by atoms with E-state index in [2.05, 4.69) is 9.71 Å². The molecule has 94 valence electrons. The highest BCUT2D eigenvalue weighted by Crippen LogP contribution is 2.21. The van der Waals surface area contributed by atoms with Crippen molar-refractivity contribution in [2.45, 2.75) is 11.8 Å². The smallest absolute Gasteiger partial charge is 0.263 e. The number of nitrogens with zero attached hydrogens (tertiary/aromatic N) is 1. The number of hydrogen-bond acceptors (Lipinski definition) is 3. The molecule has 0 aliphatic heterocycles. The van der Waals surface area contributed by atoms with Gasteiger partial charge in [-0.05, 0) is 42.8 Å². The van der Waals surface area contributed by atoms with Gasteiger partial charge in [-0.3, -0.25) is 4.72 Å². The molecule has 1 aromatic carbocycles. The maximum Gasteiger partial charge on any atom is 0.263 e. The van der Waals surface area contributed by atoms with Gasteiger partial charge < -0.3 is 0 Å². The number of sulfonamides is 1. The third kappa shape index (κ3) is 2.80. The molecule has 0 saturated carbocycles. The second-order valence-electron chi connectivity index (χ2n) is 3.73. The van der Waals surface area contributed by atoms with E-state index in [9.17, 15) is 8.42 Å². The molecule has 0 spiro atoms. The van der Waals surface area contributed by atoms with Crippen molar-refractivity contribution in [3.05, 3.63) is 53.2 Å². The number of nitrogens with one attached hydrogen (secondary N) is 1. The Morgan fingerprint density at radius 1 is 1.22 bits per heavy atom. The number of anilines is 1. The van der Waals surface area contributed by atoms with Crippen molar-refractivity contribution in [1.82, 2.24) is 4.98 Å². The van der Waals surface area contributed by atoms with E-state index >= 15 is 0 Å². The predicted octanol–water partition coefficient (Wildman–Crippen LogP) is 2.84. The van der Waals surface area contributed by atoms with Gasteiger partial charge in [-0.1, -0.05) is 17.7 Å². The van der Waals surface area contributed by atoms with Crippen molar-refractivity contribution in [3.63, 3.8) is 0 Å². The van der Waals surface area contributed by atoms with Gasteiger partial charge in [0.15, 0.2) is 0 Å². The number of aromatic nitrogens is 1. The maximum absolute atomic E-state index is 12.1. The second-order valence-corrected chi connectivity index (χ2v) is 5.82. The van der Waals surface area contributed by atoms with Crippen LogP contribution in [0.4, 0.5) is 5.82 Å². The van der Waals surface area contributed by atoms with Crippen LogP contribution in [0, 0.1) is 6.92 Å². The normalized spacial score (nSPS) is 11.2. The topological polar surface area (TPSA) is 59.1 Å². The molecule has 0 aliphatic rings. The van der Waals surface area contributed by atoms with E-state index < -0.39 is 10.0 Å². The van der Waals surface area contributed by atoms with Gasteiger partial charge in [0.05, 0.1) is 4.90 Å². The fraction of sp³-hybridized carbons (Fsp3) is 0.0833. The first-order valence-electron chi connectivity index (χ1n) is 5.19. The van der Waals surface area contributed by atoms with Gasteiger partial charge >= 0.3 is 0 Å². The van der Waals surface area contributed by atoms with Crippen LogP contribution in [0.1, 0.15) is 5.56 Å². The van der Waals surface area contributed by atoms with Gasteiger partial charge in [-0.15, -0.1) is 0 Å². The van der Waals surface area contributed by atoms with Gasteiger partial charge in [0, 0.05) is 11.2 Å². The molecule has 0 radical (unpaired) electrons. The first kappa shape index (κ1) is 12.9. The Morgan fingerprint density at radius 2 is 2.00 bits per heavy atom. The van der Waals surface area contributed by atoms with E-state index in [1.807, 2.05) is 0 Å². The number of aryl methyl sites for hydroxylation is 1. The molecule has 4 nitrogen and oxygen atoms in total. The molecule has 0 atom stereocenters. The molecule has 0 bridgehead atoms. The van der Waals surface area contributed by atoms with Crippen LogP contribution in [-0.2, 0) is 10.0 Å². The summed E-state index contributed by atoms with van der Waals surface area (Å²) >= 11 is 5.80. The van der Waals surface area contributed by atoms with Gasteiger partial charge in [0.25, 0.3) is 10.0 Å². The minimum atomic E-state index is -3.63. The van der Waals surface area contributed by atoms with Crippen molar-refractivity contribution >= 4 is 27.4 Å². The standard InChI is InChI=1S/C12H11ClN2O2S/c1-9-8-10(13)5-6-11(9)18(16,17)15-12-4-2-3-7-14-12/h2-8H,1H3,(H,14,15). The summed E-state index contributed by atoms with van der Waals surface area (Å²) < 4.78 is 26.7. The van der Waals surface area contributed by atoms with Crippen LogP contribution < -0.4 is 4.72 Å². The lowest BCUT2D eigenvalue weighted by molar-refractivity contribution is 0.600. The number of pyridine rings is 1. The number of benzene rings is 1. The first-order chi connectivity index (χ1) is 8.49. The van der Waals surface area contributed by atoms with E-state index in [1.165, 1.54) is 12.3 Å². The summed E-state index contributed by atoms with van der Waals surface area (Å²) in [6, 6.07) is 9.63. The molecule has 1 heterocycles. The Labute approximate surface area is 111 Å². The van der Waals surface area contributed by atoms with E-state index in [-0.39, 0.29) is 10.7 Å². The molecule has 2 rings (SSSR count). The zero-order valence-corrected chi connectivity index (χ0v) is 11.2. The summed E-state index contributed by atoms with van der Waals surface area (Å²) in [5.74, 6) is 0.284. The van der Waals surface area contributed by atoms with Crippen LogP contribution in [0.15, 0.2) is 47.5 Å². The highest BCUT2D eigenvalue weighted by Gasteiger charge is 2.17. The van der Waals surface area contributed by atoms with E-state index in [0.717, 1.165) is 0 Å². The SMILES string of the molecule is Cc1cc(Cl)ccc1S(=O)(=O)Nc1ccccn1. The molecular formula is C12H11ClN2O2S. The Hall–Kier alpha value is -1.59. The maximum atomic E-state index is 12.1. The summed E-state index contributed by atoms with van der Waals surface area (Å²) in [4.78, 5) is 4.11. The molecule has 0 amide bonds. The van der Waals surface area contributed by atoms with Crippen molar-refractivity contribution in [2.24, 2.45) is 0 Å². The zero-order valence-electron chi connectivity index (χ0n) is 9.59. The summed E-state index contributed by atoms with van der Waals surface area (Å²) in [6.45, 7) is 1.69. The quantitative estimate of drug-likeness (QED) is 0.942. The lowest BCUT2D eigenvalue weighted by Gasteiger charge is -2.09. The molecule has 2 aromatic rings. The van der Waals surface area contributed by atoms with Crippen molar-refractivity contribution in [3.8, 4) is 0 Å². The fourth-order valence-corrected chi connectivity index (χ4v) is 2.99. The second kappa shape index (κ2) is 4.96. The highest BCUT2D eigenvalue weighted by molar-refractivity contribution is 7.92. The lowest BCUT2D eigenvalue weighted by Crippen LogP contribution is -2.14. The summed E-state index contributed by atoms with van der Waals surface area (Å²) in [5, 5.41) is 0.504. The number of halogens is 1. The minimum absolute atomic E-state index is 0.192. The van der Waals surface area contributed by atoms with E-state index in [1.54, 1.807) is 37.3 Å². The molecule has 18 heavy (non-hydrogen) atoms. The van der Waals surface area contributed by atoms with Crippen molar-refractivity contribution < 1.29 is 8.42 Å². The number of hydrogen-bond donors (Lipinski definition) is 1. The molecule has 0 unspecified atom stereocenters. The predicted molar refractivity (Wildman–Crippen MR) is 71.2 cm³/mol. The minimum Gasteiger partial charge on any atom is -0.263 e. The molecule has 0 aliphatic carbocycles. The molecule has 0 saturated heterocycles. The third-order valence-electron chi connectivity index (χ3n) is 2.33. The van der Waals surface area contributed by atoms with Crippen molar-refractivity contribution in [1.29, 1.82) is 0 Å². The van der Waals surface area contributed by atoms with Gasteiger partial charge in [0.1, 0.15) is 5.82 Å². The average molecular weight is 283 g/mol. The summed E-state index contributed by atoms with van der Waals surface area (Å²) in [7, 11) is -3.63. The first-order valence-corrected chi connectivity index (χ1v) is 7.05. The number of rotatable bonds is 3. The molecule has 1 N–H and O–H groups in total. The third-order valence-corrected chi connectivity index (χ3v) is 4.08. The Bertz CT molecular complexity index is 657. The highest BCUT2D eigenvalue weighted by atomic mass is 35.5. The zero-order chi connectivity index (χ0) is 13.2. The largest absolute Gasteiger partial charge is 0.263 e. The fourth-order valence-electron chi connectivity index (χ4n) is 1.53. The van der Waals surface area contributed by atoms with Crippen LogP contribution in [0.5, 0.6) is 0 Å². The van der Waals surface area contributed by atoms with E-state index in [4.69, 9.17) is 11.6 Å². The van der Waals surface area contributed by atoms with Gasteiger partial charge in [-0.25, -0.2) is 13.4 Å². The van der Waals surface area contributed by atoms with Crippen LogP contribution in [0.25, 0.3) is 0 Å². The molecule has 0 fully saturated rings. The van der Waals surface area contributed by atoms with Crippen LogP contribution in [-0.4, -0.2) is 13.4 Å². The Balaban J connectivity index is 2.37. The lowest BCUT2D eigenvalue weighted by atomic mass is 10.2. The monoisotopic (exact) mass is 282 g/mol. The Morgan fingerprint density at radius 3 is 2.61 bits per heavy atom.